The monoisotopic (exact) mass is 509 g/mol. The number of rotatable bonds is 7. The van der Waals surface area contributed by atoms with E-state index in [1.54, 1.807) is 14.0 Å². The average molecular weight is 509 g/mol. The summed E-state index contributed by atoms with van der Waals surface area (Å²) in [6.45, 7) is 1.02. The minimum absolute atomic E-state index is 0.0694. The number of fused-ring (bicyclic) bond motifs is 2. The number of carboxylic acids is 1. The van der Waals surface area contributed by atoms with Crippen molar-refractivity contribution >= 4 is 29.0 Å². The smallest absolute Gasteiger partial charge is 0.407 e. The number of aliphatic carboxylic acids is 1. The van der Waals surface area contributed by atoms with Gasteiger partial charge in [-0.15, -0.1) is 0 Å². The number of ether oxygens (including phenoxy) is 2. The minimum Gasteiger partial charge on any atom is -0.548 e. The maximum Gasteiger partial charge on any atom is 0.407 e. The van der Waals surface area contributed by atoms with Crippen LogP contribution in [-0.4, -0.2) is 100 Å². The first-order valence-corrected chi connectivity index (χ1v) is 10.8. The lowest BCUT2D eigenvalue weighted by Gasteiger charge is -2.24. The number of aliphatic hydroxyl groups is 4. The number of methoxy groups -OCH3 is 1. The lowest BCUT2D eigenvalue weighted by Crippen LogP contribution is -2.55. The molecule has 1 aliphatic heterocycles. The molecule has 4 heterocycles. The molecule has 0 spiro atoms. The van der Waals surface area contributed by atoms with Crippen molar-refractivity contribution in [3.63, 3.8) is 0 Å². The van der Waals surface area contributed by atoms with Crippen LogP contribution in [0.4, 0.5) is 4.79 Å². The van der Waals surface area contributed by atoms with Crippen LogP contribution in [-0.2, 0) is 27.7 Å². The molecule has 0 radical (unpaired) electrons. The molecule has 0 aromatic carbocycles. The standard InChI is InChI=1S/C20H26N6O10/c1-7-8(4-9(28)11(18(32)33)23-20(34)35-3)26-16(31)12-15(24(2)19(26)22-7)25(6-21-12)17-14(30)13(29)10(5-27)36-17/h6,9-11,13-14,17,27-30H,4-5H2,1-3H3,(H,23,34)(H,32,33)/p-1/t9?,10-,11?,13-,14-,17-/m1/s1. The minimum atomic E-state index is -1.83. The number of aryl methyl sites for hydroxylation is 2. The average Bonchev–Trinajstić information content (AvgIpc) is 3.50. The zero-order valence-corrected chi connectivity index (χ0v) is 19.4. The molecule has 0 bridgehead atoms. The van der Waals surface area contributed by atoms with E-state index in [9.17, 15) is 39.9 Å². The Morgan fingerprint density at radius 2 is 2.03 bits per heavy atom. The van der Waals surface area contributed by atoms with Crippen molar-refractivity contribution in [2.75, 3.05) is 13.7 Å². The molecule has 2 unspecified atom stereocenters. The van der Waals surface area contributed by atoms with E-state index in [0.717, 1.165) is 11.5 Å². The van der Waals surface area contributed by atoms with E-state index >= 15 is 0 Å². The second-order valence-corrected chi connectivity index (χ2v) is 8.40. The van der Waals surface area contributed by atoms with Gasteiger partial charge in [0.1, 0.15) is 18.3 Å². The molecule has 1 amide bonds. The number of carbonyl (C=O) groups excluding carboxylic acids is 2. The largest absolute Gasteiger partial charge is 0.548 e. The van der Waals surface area contributed by atoms with Crippen LogP contribution in [0.25, 0.3) is 16.9 Å². The van der Waals surface area contributed by atoms with Crippen LogP contribution in [0.2, 0.25) is 0 Å². The van der Waals surface area contributed by atoms with Crippen molar-refractivity contribution in [3.8, 4) is 0 Å². The van der Waals surface area contributed by atoms with Crippen LogP contribution in [0.1, 0.15) is 17.6 Å². The number of aliphatic hydroxyl groups excluding tert-OH is 4. The molecule has 16 heteroatoms. The van der Waals surface area contributed by atoms with Gasteiger partial charge < -0.3 is 45.1 Å². The van der Waals surface area contributed by atoms with E-state index in [1.165, 1.54) is 15.5 Å². The number of alkyl carbamates (subject to hydrolysis) is 1. The summed E-state index contributed by atoms with van der Waals surface area (Å²) in [5.41, 5.74) is -0.0684. The van der Waals surface area contributed by atoms with Gasteiger partial charge in [-0.1, -0.05) is 0 Å². The van der Waals surface area contributed by atoms with Crippen LogP contribution in [0.5, 0.6) is 0 Å². The Morgan fingerprint density at radius 1 is 1.33 bits per heavy atom. The van der Waals surface area contributed by atoms with Crippen LogP contribution < -0.4 is 16.0 Å². The highest BCUT2D eigenvalue weighted by molar-refractivity contribution is 5.79. The first-order chi connectivity index (χ1) is 17.0. The molecular weight excluding hydrogens is 484 g/mol. The van der Waals surface area contributed by atoms with Crippen molar-refractivity contribution in [1.29, 1.82) is 0 Å². The molecule has 3 aromatic rings. The van der Waals surface area contributed by atoms with Gasteiger partial charge in [-0.25, -0.2) is 19.2 Å². The Labute approximate surface area is 201 Å². The fourth-order valence-electron chi connectivity index (χ4n) is 4.37. The molecule has 3 aromatic heterocycles. The van der Waals surface area contributed by atoms with Crippen LogP contribution in [0.3, 0.4) is 0 Å². The molecule has 196 valence electrons. The number of aromatic nitrogens is 5. The van der Waals surface area contributed by atoms with Gasteiger partial charge in [-0.3, -0.25) is 13.9 Å². The van der Waals surface area contributed by atoms with E-state index in [4.69, 9.17) is 4.74 Å². The van der Waals surface area contributed by atoms with Gasteiger partial charge in [-0.05, 0) is 6.92 Å². The van der Waals surface area contributed by atoms with E-state index in [1.807, 2.05) is 5.32 Å². The third kappa shape index (κ3) is 3.97. The highest BCUT2D eigenvalue weighted by Gasteiger charge is 2.44. The van der Waals surface area contributed by atoms with Gasteiger partial charge in [-0.2, -0.15) is 0 Å². The molecule has 36 heavy (non-hydrogen) atoms. The highest BCUT2D eigenvalue weighted by Crippen LogP contribution is 2.31. The summed E-state index contributed by atoms with van der Waals surface area (Å²) in [7, 11) is 2.59. The number of nitrogens with one attached hydrogen (secondary N) is 1. The van der Waals surface area contributed by atoms with Crippen molar-refractivity contribution in [3.05, 3.63) is 28.1 Å². The van der Waals surface area contributed by atoms with Crippen LogP contribution in [0.15, 0.2) is 11.1 Å². The Hall–Kier alpha value is -3.57. The van der Waals surface area contributed by atoms with Gasteiger partial charge in [0.05, 0.1) is 49.5 Å². The molecule has 5 N–H and O–H groups in total. The van der Waals surface area contributed by atoms with Crippen LogP contribution in [0, 0.1) is 6.92 Å². The molecule has 1 saturated heterocycles. The summed E-state index contributed by atoms with van der Waals surface area (Å²) in [6.07, 6.45) is -6.93. The van der Waals surface area contributed by atoms with Crippen molar-refractivity contribution in [2.45, 2.75) is 50.0 Å². The molecule has 4 rings (SSSR count). The van der Waals surface area contributed by atoms with Gasteiger partial charge >= 0.3 is 6.09 Å². The molecule has 16 nitrogen and oxygen atoms in total. The fourth-order valence-corrected chi connectivity index (χ4v) is 4.37. The summed E-state index contributed by atoms with van der Waals surface area (Å²) < 4.78 is 13.9. The zero-order chi connectivity index (χ0) is 26.5. The number of carboxylic acid groups (broad SMARTS) is 1. The molecule has 0 saturated carbocycles. The van der Waals surface area contributed by atoms with E-state index in [2.05, 4.69) is 14.7 Å². The van der Waals surface area contributed by atoms with Gasteiger partial charge in [0.25, 0.3) is 5.56 Å². The second-order valence-electron chi connectivity index (χ2n) is 8.40. The predicted octanol–water partition coefficient (Wildman–Crippen LogP) is -4.32. The number of hydrogen-bond acceptors (Lipinski definition) is 12. The summed E-state index contributed by atoms with van der Waals surface area (Å²) in [6, 6.07) is -1.83. The topological polar surface area (TPSA) is 226 Å². The Morgan fingerprint density at radius 3 is 2.61 bits per heavy atom. The molecule has 6 atom stereocenters. The quantitative estimate of drug-likeness (QED) is 0.204. The van der Waals surface area contributed by atoms with Crippen molar-refractivity contribution < 1.29 is 44.6 Å². The third-order valence-electron chi connectivity index (χ3n) is 6.24. The van der Waals surface area contributed by atoms with Crippen molar-refractivity contribution in [1.82, 2.24) is 28.8 Å². The third-order valence-corrected chi connectivity index (χ3v) is 6.24. The fraction of sp³-hybridized carbons (Fsp3) is 0.550. The molecular formula is C20H25N6O10-. The lowest BCUT2D eigenvalue weighted by atomic mass is 10.1. The van der Waals surface area contributed by atoms with E-state index in [0.29, 0.717) is 5.69 Å². The number of imidazole rings is 2. The summed E-state index contributed by atoms with van der Waals surface area (Å²) in [4.78, 5) is 44.9. The van der Waals surface area contributed by atoms with Gasteiger partial charge in [0.15, 0.2) is 17.4 Å². The van der Waals surface area contributed by atoms with Crippen LogP contribution >= 0.6 is 0 Å². The van der Waals surface area contributed by atoms with Gasteiger partial charge in [0, 0.05) is 13.5 Å². The first-order valence-electron chi connectivity index (χ1n) is 10.8. The number of carbonyl (C=O) groups is 2. The number of hydrogen-bond donors (Lipinski definition) is 5. The Balaban J connectivity index is 1.80. The second kappa shape index (κ2) is 9.47. The Bertz CT molecular complexity index is 1380. The summed E-state index contributed by atoms with van der Waals surface area (Å²) >= 11 is 0. The van der Waals surface area contributed by atoms with Gasteiger partial charge in [0.2, 0.25) is 5.78 Å². The molecule has 0 aliphatic carbocycles. The maximum atomic E-state index is 13.4. The first kappa shape index (κ1) is 25.5. The summed E-state index contributed by atoms with van der Waals surface area (Å²) in [5.74, 6) is -1.65. The summed E-state index contributed by atoms with van der Waals surface area (Å²) in [5, 5.41) is 53.9. The molecule has 1 fully saturated rings. The normalized spacial score (nSPS) is 23.8. The van der Waals surface area contributed by atoms with Crippen molar-refractivity contribution in [2.24, 2.45) is 7.05 Å². The highest BCUT2D eigenvalue weighted by atomic mass is 16.6. The zero-order valence-electron chi connectivity index (χ0n) is 19.4. The number of nitrogens with zero attached hydrogens (tertiary/aromatic N) is 5. The maximum absolute atomic E-state index is 13.4. The predicted molar refractivity (Wildman–Crippen MR) is 116 cm³/mol. The molecule has 1 aliphatic rings. The van der Waals surface area contributed by atoms with E-state index in [-0.39, 0.29) is 22.6 Å². The lowest BCUT2D eigenvalue weighted by molar-refractivity contribution is -0.310. The van der Waals surface area contributed by atoms with E-state index < -0.39 is 67.3 Å². The number of amides is 1. The Kier molecular flexibility index (Phi) is 6.72. The SMILES string of the molecule is COC(=O)NC(C(=O)[O-])C(O)Cc1c(C)nc2n(C)c3c(ncn3[C@@H]3O[C@H](CO)[C@@H](O)[C@H]3O)c(=O)n12.